The summed E-state index contributed by atoms with van der Waals surface area (Å²) in [6.07, 6.45) is 0. The van der Waals surface area contributed by atoms with Crippen molar-refractivity contribution in [3.05, 3.63) is 29.8 Å². The van der Waals surface area contributed by atoms with Crippen molar-refractivity contribution in [1.82, 2.24) is 5.32 Å². The van der Waals surface area contributed by atoms with Crippen LogP contribution in [0, 0.1) is 0 Å². The van der Waals surface area contributed by atoms with E-state index in [0.717, 1.165) is 5.75 Å². The van der Waals surface area contributed by atoms with Crippen LogP contribution in [0.4, 0.5) is 4.39 Å². The van der Waals surface area contributed by atoms with Gasteiger partial charge in [-0.05, 0) is 38.6 Å². The van der Waals surface area contributed by atoms with Gasteiger partial charge >= 0.3 is 0 Å². The minimum Gasteiger partial charge on any atom is -0.494 e. The van der Waals surface area contributed by atoms with Crippen LogP contribution in [-0.2, 0) is 5.67 Å². The number of nitrogens with one attached hydrogen (secondary N) is 1. The Labute approximate surface area is 90.4 Å². The fraction of sp³-hybridized carbons (Fsp3) is 0.500. The van der Waals surface area contributed by atoms with E-state index in [2.05, 4.69) is 5.32 Å². The maximum atomic E-state index is 14.0. The minimum absolute atomic E-state index is 0.307. The molecule has 0 amide bonds. The van der Waals surface area contributed by atoms with Crippen LogP contribution in [0.1, 0.15) is 19.4 Å². The first-order chi connectivity index (χ1) is 7.10. The molecule has 0 saturated heterocycles. The molecule has 0 aliphatic carbocycles. The number of alkyl halides is 1. The van der Waals surface area contributed by atoms with Gasteiger partial charge in [0, 0.05) is 6.54 Å². The molecule has 0 aliphatic heterocycles. The van der Waals surface area contributed by atoms with Gasteiger partial charge in [0.05, 0.1) is 6.61 Å². The highest BCUT2D eigenvalue weighted by molar-refractivity contribution is 5.30. The lowest BCUT2D eigenvalue weighted by molar-refractivity contribution is 0.190. The minimum atomic E-state index is -1.33. The van der Waals surface area contributed by atoms with Crippen molar-refractivity contribution >= 4 is 0 Å². The van der Waals surface area contributed by atoms with Crippen LogP contribution in [0.25, 0.3) is 0 Å². The van der Waals surface area contributed by atoms with E-state index >= 15 is 0 Å². The summed E-state index contributed by atoms with van der Waals surface area (Å²) in [4.78, 5) is 0. The van der Waals surface area contributed by atoms with Crippen molar-refractivity contribution in [3.63, 3.8) is 0 Å². The summed E-state index contributed by atoms with van der Waals surface area (Å²) in [6, 6.07) is 7.13. The average molecular weight is 211 g/mol. The molecule has 0 fully saturated rings. The summed E-state index contributed by atoms with van der Waals surface area (Å²) < 4.78 is 19.3. The fourth-order valence-electron chi connectivity index (χ4n) is 1.50. The highest BCUT2D eigenvalue weighted by Crippen LogP contribution is 2.26. The standard InChI is InChI=1S/C12H18FNO/c1-4-15-11-7-5-10(6-8-11)12(2,13)9-14-3/h5-8,14H,4,9H2,1-3H3. The zero-order chi connectivity index (χ0) is 11.3. The Morgan fingerprint density at radius 2 is 1.93 bits per heavy atom. The molecular weight excluding hydrogens is 193 g/mol. The van der Waals surface area contributed by atoms with Crippen molar-refractivity contribution in [2.24, 2.45) is 0 Å². The SMILES string of the molecule is CCOc1ccc(C(C)(F)CNC)cc1. The molecule has 1 aromatic rings. The van der Waals surface area contributed by atoms with Gasteiger partial charge in [-0.2, -0.15) is 0 Å². The number of halogens is 1. The van der Waals surface area contributed by atoms with E-state index in [9.17, 15) is 4.39 Å². The monoisotopic (exact) mass is 211 g/mol. The zero-order valence-electron chi connectivity index (χ0n) is 9.51. The predicted molar refractivity (Wildman–Crippen MR) is 60.0 cm³/mol. The zero-order valence-corrected chi connectivity index (χ0v) is 9.51. The molecule has 0 saturated carbocycles. The Morgan fingerprint density at radius 3 is 2.40 bits per heavy atom. The lowest BCUT2D eigenvalue weighted by Gasteiger charge is -2.20. The van der Waals surface area contributed by atoms with Crippen molar-refractivity contribution in [2.75, 3.05) is 20.2 Å². The lowest BCUT2D eigenvalue weighted by Crippen LogP contribution is -2.29. The molecule has 15 heavy (non-hydrogen) atoms. The van der Waals surface area contributed by atoms with E-state index in [4.69, 9.17) is 4.74 Å². The third kappa shape index (κ3) is 3.20. The van der Waals surface area contributed by atoms with Gasteiger partial charge in [0.2, 0.25) is 0 Å². The predicted octanol–water partition coefficient (Wildman–Crippen LogP) is 2.49. The second kappa shape index (κ2) is 5.12. The summed E-state index contributed by atoms with van der Waals surface area (Å²) in [6.45, 7) is 4.43. The number of hydrogen-bond donors (Lipinski definition) is 1. The Morgan fingerprint density at radius 1 is 1.33 bits per heavy atom. The summed E-state index contributed by atoms with van der Waals surface area (Å²) in [5.41, 5.74) is -0.667. The van der Waals surface area contributed by atoms with Crippen molar-refractivity contribution < 1.29 is 9.13 Å². The van der Waals surface area contributed by atoms with Gasteiger partial charge < -0.3 is 10.1 Å². The topological polar surface area (TPSA) is 21.3 Å². The Balaban J connectivity index is 2.78. The molecule has 0 heterocycles. The molecule has 0 aromatic heterocycles. The van der Waals surface area contributed by atoms with Crippen molar-refractivity contribution in [1.29, 1.82) is 0 Å². The van der Waals surface area contributed by atoms with Crippen LogP contribution in [-0.4, -0.2) is 20.2 Å². The Hall–Kier alpha value is -1.09. The molecule has 1 N–H and O–H groups in total. The molecule has 1 aromatic carbocycles. The number of benzene rings is 1. The van der Waals surface area contributed by atoms with Gasteiger partial charge in [-0.15, -0.1) is 0 Å². The first-order valence-corrected chi connectivity index (χ1v) is 5.17. The first kappa shape index (κ1) is 12.0. The third-order valence-corrected chi connectivity index (χ3v) is 2.28. The molecular formula is C12H18FNO. The van der Waals surface area contributed by atoms with Crippen LogP contribution >= 0.6 is 0 Å². The first-order valence-electron chi connectivity index (χ1n) is 5.17. The number of likely N-dealkylation sites (N-methyl/N-ethyl adjacent to an activating group) is 1. The maximum absolute atomic E-state index is 14.0. The van der Waals surface area contributed by atoms with Gasteiger partial charge in [0.25, 0.3) is 0 Å². The van der Waals surface area contributed by atoms with Crippen LogP contribution in [0.15, 0.2) is 24.3 Å². The summed E-state index contributed by atoms with van der Waals surface area (Å²) in [5.74, 6) is 0.779. The summed E-state index contributed by atoms with van der Waals surface area (Å²) in [5, 5.41) is 2.84. The van der Waals surface area contributed by atoms with Crippen LogP contribution < -0.4 is 10.1 Å². The van der Waals surface area contributed by atoms with Gasteiger partial charge in [-0.3, -0.25) is 0 Å². The second-order valence-corrected chi connectivity index (χ2v) is 3.69. The normalized spacial score (nSPS) is 14.7. The number of rotatable bonds is 5. The molecule has 3 heteroatoms. The molecule has 1 rings (SSSR count). The molecule has 0 bridgehead atoms. The molecule has 0 aliphatic rings. The van der Waals surface area contributed by atoms with Gasteiger partial charge in [-0.1, -0.05) is 12.1 Å². The fourth-order valence-corrected chi connectivity index (χ4v) is 1.50. The highest BCUT2D eigenvalue weighted by Gasteiger charge is 2.24. The Bertz CT molecular complexity index is 295. The lowest BCUT2D eigenvalue weighted by atomic mass is 9.98. The third-order valence-electron chi connectivity index (χ3n) is 2.28. The molecule has 1 unspecified atom stereocenters. The van der Waals surface area contributed by atoms with E-state index in [-0.39, 0.29) is 0 Å². The Kier molecular flexibility index (Phi) is 4.09. The number of hydrogen-bond acceptors (Lipinski definition) is 2. The molecule has 2 nitrogen and oxygen atoms in total. The van der Waals surface area contributed by atoms with E-state index in [1.165, 1.54) is 0 Å². The van der Waals surface area contributed by atoms with Crippen LogP contribution in [0.2, 0.25) is 0 Å². The van der Waals surface area contributed by atoms with Crippen LogP contribution in [0.3, 0.4) is 0 Å². The van der Waals surface area contributed by atoms with E-state index in [0.29, 0.717) is 18.7 Å². The van der Waals surface area contributed by atoms with Crippen LogP contribution in [0.5, 0.6) is 5.75 Å². The van der Waals surface area contributed by atoms with E-state index < -0.39 is 5.67 Å². The molecule has 0 spiro atoms. The quantitative estimate of drug-likeness (QED) is 0.808. The molecule has 1 atom stereocenters. The average Bonchev–Trinajstić information content (AvgIpc) is 2.19. The van der Waals surface area contributed by atoms with Gasteiger partial charge in [0.15, 0.2) is 0 Å². The van der Waals surface area contributed by atoms with E-state index in [1.807, 2.05) is 6.92 Å². The smallest absolute Gasteiger partial charge is 0.145 e. The highest BCUT2D eigenvalue weighted by atomic mass is 19.1. The van der Waals surface area contributed by atoms with Gasteiger partial charge in [0.1, 0.15) is 11.4 Å². The molecule has 84 valence electrons. The second-order valence-electron chi connectivity index (χ2n) is 3.69. The van der Waals surface area contributed by atoms with Gasteiger partial charge in [-0.25, -0.2) is 4.39 Å². The molecule has 0 radical (unpaired) electrons. The van der Waals surface area contributed by atoms with Crippen molar-refractivity contribution in [3.8, 4) is 5.75 Å². The van der Waals surface area contributed by atoms with E-state index in [1.54, 1.807) is 38.2 Å². The summed E-state index contributed by atoms with van der Waals surface area (Å²) >= 11 is 0. The largest absolute Gasteiger partial charge is 0.494 e. The summed E-state index contributed by atoms with van der Waals surface area (Å²) in [7, 11) is 1.74. The maximum Gasteiger partial charge on any atom is 0.145 e. The van der Waals surface area contributed by atoms with Crippen molar-refractivity contribution in [2.45, 2.75) is 19.5 Å². The number of ether oxygens (including phenoxy) is 1.